The molecule has 0 bridgehead atoms. The third-order valence-corrected chi connectivity index (χ3v) is 7.19. The minimum Gasteiger partial charge on any atom is -0.346 e. The molecule has 1 N–H and O–H groups in total. The fourth-order valence-corrected chi connectivity index (χ4v) is 5.36. The standard InChI is InChI=1S/C22H28N2O3S/c1-15-7-8-16(2)20(13-15)18(4)23-22(25)19-10-9-17(3)21(14-19)24-11-5-6-12-28(24,26)27/h7-10,13-14,18H,5-6,11-12H2,1-4H3,(H,23,25)/t18-/m0/s1. The molecule has 150 valence electrons. The van der Waals surface area contributed by atoms with Crippen LogP contribution in [0.2, 0.25) is 0 Å². The molecule has 1 aliphatic rings. The number of sulfonamides is 1. The van der Waals surface area contributed by atoms with Crippen LogP contribution in [0.3, 0.4) is 0 Å². The molecular formula is C22H28N2O3S. The first kappa shape index (κ1) is 20.4. The van der Waals surface area contributed by atoms with Gasteiger partial charge in [-0.2, -0.15) is 0 Å². The Hall–Kier alpha value is -2.34. The quantitative estimate of drug-likeness (QED) is 0.842. The van der Waals surface area contributed by atoms with E-state index in [4.69, 9.17) is 0 Å². The van der Waals surface area contributed by atoms with Crippen molar-refractivity contribution in [2.45, 2.75) is 46.6 Å². The van der Waals surface area contributed by atoms with Gasteiger partial charge < -0.3 is 5.32 Å². The van der Waals surface area contributed by atoms with Crippen molar-refractivity contribution in [3.05, 3.63) is 64.2 Å². The number of aryl methyl sites for hydroxylation is 3. The summed E-state index contributed by atoms with van der Waals surface area (Å²) in [5, 5.41) is 3.04. The van der Waals surface area contributed by atoms with Gasteiger partial charge in [0.2, 0.25) is 10.0 Å². The summed E-state index contributed by atoms with van der Waals surface area (Å²) in [5.74, 6) is -0.0453. The maximum atomic E-state index is 12.9. The monoisotopic (exact) mass is 400 g/mol. The van der Waals surface area contributed by atoms with Gasteiger partial charge in [0.15, 0.2) is 0 Å². The lowest BCUT2D eigenvalue weighted by Crippen LogP contribution is -2.38. The van der Waals surface area contributed by atoms with Crippen LogP contribution in [0.5, 0.6) is 0 Å². The normalized spacial score (nSPS) is 17.2. The molecule has 2 aromatic rings. The number of rotatable bonds is 4. The number of hydrogen-bond acceptors (Lipinski definition) is 3. The molecule has 0 radical (unpaired) electrons. The van der Waals surface area contributed by atoms with E-state index in [1.54, 1.807) is 12.1 Å². The predicted molar refractivity (Wildman–Crippen MR) is 113 cm³/mol. The van der Waals surface area contributed by atoms with Crippen molar-refractivity contribution in [1.29, 1.82) is 0 Å². The van der Waals surface area contributed by atoms with Gasteiger partial charge >= 0.3 is 0 Å². The van der Waals surface area contributed by atoms with Crippen molar-refractivity contribution in [2.24, 2.45) is 0 Å². The number of anilines is 1. The average molecular weight is 401 g/mol. The summed E-state index contributed by atoms with van der Waals surface area (Å²) in [6, 6.07) is 11.3. The molecule has 28 heavy (non-hydrogen) atoms. The van der Waals surface area contributed by atoms with Crippen LogP contribution in [0.15, 0.2) is 36.4 Å². The van der Waals surface area contributed by atoms with Crippen molar-refractivity contribution in [2.75, 3.05) is 16.6 Å². The van der Waals surface area contributed by atoms with E-state index < -0.39 is 10.0 Å². The Morgan fingerprint density at radius 1 is 1.04 bits per heavy atom. The highest BCUT2D eigenvalue weighted by Gasteiger charge is 2.27. The molecule has 0 unspecified atom stereocenters. The minimum atomic E-state index is -3.32. The molecule has 0 aromatic heterocycles. The Morgan fingerprint density at radius 3 is 2.46 bits per heavy atom. The first-order valence-corrected chi connectivity index (χ1v) is 11.3. The van der Waals surface area contributed by atoms with Crippen LogP contribution in [-0.2, 0) is 10.0 Å². The van der Waals surface area contributed by atoms with Crippen LogP contribution >= 0.6 is 0 Å². The van der Waals surface area contributed by atoms with Gasteiger partial charge in [0.25, 0.3) is 5.91 Å². The Bertz CT molecular complexity index is 999. The fraction of sp³-hybridized carbons (Fsp3) is 0.409. The number of carbonyl (C=O) groups is 1. The minimum absolute atomic E-state index is 0.143. The van der Waals surface area contributed by atoms with Gasteiger partial charge in [-0.05, 0) is 69.4 Å². The van der Waals surface area contributed by atoms with E-state index in [0.29, 0.717) is 24.2 Å². The first-order valence-electron chi connectivity index (χ1n) is 9.68. The molecule has 1 aliphatic heterocycles. The van der Waals surface area contributed by atoms with Crippen LogP contribution in [0.25, 0.3) is 0 Å². The van der Waals surface area contributed by atoms with E-state index in [1.165, 1.54) is 4.31 Å². The van der Waals surface area contributed by atoms with Crippen molar-refractivity contribution >= 4 is 21.6 Å². The van der Waals surface area contributed by atoms with Crippen molar-refractivity contribution < 1.29 is 13.2 Å². The number of nitrogens with zero attached hydrogens (tertiary/aromatic N) is 1. The number of carbonyl (C=O) groups excluding carboxylic acids is 1. The van der Waals surface area contributed by atoms with E-state index >= 15 is 0 Å². The highest BCUT2D eigenvalue weighted by Crippen LogP contribution is 2.28. The molecule has 0 spiro atoms. The highest BCUT2D eigenvalue weighted by molar-refractivity contribution is 7.92. The Balaban J connectivity index is 1.86. The largest absolute Gasteiger partial charge is 0.346 e. The zero-order valence-electron chi connectivity index (χ0n) is 17.0. The third kappa shape index (κ3) is 4.22. The Morgan fingerprint density at radius 2 is 1.75 bits per heavy atom. The van der Waals surface area contributed by atoms with Crippen LogP contribution in [0.1, 0.15) is 58.4 Å². The summed E-state index contributed by atoms with van der Waals surface area (Å²) < 4.78 is 26.4. The lowest BCUT2D eigenvalue weighted by molar-refractivity contribution is 0.0940. The maximum absolute atomic E-state index is 12.9. The molecule has 0 aliphatic carbocycles. The van der Waals surface area contributed by atoms with Gasteiger partial charge in [0.05, 0.1) is 17.5 Å². The van der Waals surface area contributed by atoms with Gasteiger partial charge in [0.1, 0.15) is 0 Å². The molecule has 1 heterocycles. The second-order valence-electron chi connectivity index (χ2n) is 7.65. The number of amides is 1. The molecule has 6 heteroatoms. The van der Waals surface area contributed by atoms with E-state index in [0.717, 1.165) is 28.7 Å². The summed E-state index contributed by atoms with van der Waals surface area (Å²) in [7, 11) is -3.32. The zero-order valence-corrected chi connectivity index (χ0v) is 17.8. The summed E-state index contributed by atoms with van der Waals surface area (Å²) in [6.07, 6.45) is 1.52. The van der Waals surface area contributed by atoms with Crippen LogP contribution in [0, 0.1) is 20.8 Å². The molecule has 1 saturated heterocycles. The molecule has 1 atom stereocenters. The van der Waals surface area contributed by atoms with Gasteiger partial charge in [-0.3, -0.25) is 9.10 Å². The summed E-state index contributed by atoms with van der Waals surface area (Å²) in [5.41, 5.74) is 5.28. The van der Waals surface area contributed by atoms with Gasteiger partial charge in [-0.1, -0.05) is 29.8 Å². The molecule has 0 saturated carbocycles. The van der Waals surface area contributed by atoms with Crippen LogP contribution in [-0.4, -0.2) is 26.6 Å². The summed E-state index contributed by atoms with van der Waals surface area (Å²) in [6.45, 7) is 8.36. The van der Waals surface area contributed by atoms with Crippen LogP contribution in [0.4, 0.5) is 5.69 Å². The molecular weight excluding hydrogens is 372 g/mol. The second kappa shape index (κ2) is 7.95. The van der Waals surface area contributed by atoms with E-state index in [2.05, 4.69) is 23.5 Å². The Labute approximate surface area is 167 Å². The molecule has 1 amide bonds. The topological polar surface area (TPSA) is 66.5 Å². The van der Waals surface area contributed by atoms with Crippen LogP contribution < -0.4 is 9.62 Å². The van der Waals surface area contributed by atoms with Crippen molar-refractivity contribution in [3.63, 3.8) is 0 Å². The SMILES string of the molecule is Cc1ccc(C)c([C@H](C)NC(=O)c2ccc(C)c(N3CCCCS3(=O)=O)c2)c1. The lowest BCUT2D eigenvalue weighted by atomic mass is 9.99. The smallest absolute Gasteiger partial charge is 0.251 e. The van der Waals surface area contributed by atoms with E-state index in [9.17, 15) is 13.2 Å². The van der Waals surface area contributed by atoms with Crippen molar-refractivity contribution in [3.8, 4) is 0 Å². The molecule has 2 aromatic carbocycles. The van der Waals surface area contributed by atoms with Gasteiger partial charge in [0, 0.05) is 12.1 Å². The summed E-state index contributed by atoms with van der Waals surface area (Å²) >= 11 is 0. The second-order valence-corrected chi connectivity index (χ2v) is 9.66. The fourth-order valence-electron chi connectivity index (χ4n) is 3.66. The number of nitrogens with one attached hydrogen (secondary N) is 1. The van der Waals surface area contributed by atoms with Gasteiger partial charge in [-0.15, -0.1) is 0 Å². The van der Waals surface area contributed by atoms with E-state index in [-0.39, 0.29) is 17.7 Å². The predicted octanol–water partition coefficient (Wildman–Crippen LogP) is 4.03. The molecule has 1 fully saturated rings. The Kier molecular flexibility index (Phi) is 5.79. The number of hydrogen-bond donors (Lipinski definition) is 1. The molecule has 5 nitrogen and oxygen atoms in total. The average Bonchev–Trinajstić information content (AvgIpc) is 2.64. The zero-order chi connectivity index (χ0) is 20.5. The molecule has 3 rings (SSSR count). The number of benzene rings is 2. The van der Waals surface area contributed by atoms with E-state index in [1.807, 2.05) is 33.8 Å². The van der Waals surface area contributed by atoms with Crippen molar-refractivity contribution in [1.82, 2.24) is 5.32 Å². The first-order chi connectivity index (χ1) is 13.2. The maximum Gasteiger partial charge on any atom is 0.251 e. The lowest BCUT2D eigenvalue weighted by Gasteiger charge is -2.30. The third-order valence-electron chi connectivity index (χ3n) is 5.34. The van der Waals surface area contributed by atoms with Gasteiger partial charge in [-0.25, -0.2) is 8.42 Å². The highest BCUT2D eigenvalue weighted by atomic mass is 32.2. The summed E-state index contributed by atoms with van der Waals surface area (Å²) in [4.78, 5) is 12.9.